The predicted molar refractivity (Wildman–Crippen MR) is 73.2 cm³/mol. The molecule has 6 heteroatoms. The minimum Gasteiger partial charge on any atom is -0.388 e. The molecule has 0 aromatic heterocycles. The highest BCUT2D eigenvalue weighted by Gasteiger charge is 2.18. The van der Waals surface area contributed by atoms with Gasteiger partial charge in [-0.05, 0) is 17.7 Å². The van der Waals surface area contributed by atoms with Crippen LogP contribution < -0.4 is 0 Å². The van der Waals surface area contributed by atoms with Gasteiger partial charge in [-0.3, -0.25) is 10.1 Å². The molecule has 0 spiro atoms. The Bertz CT molecular complexity index is 648. The number of rotatable bonds is 4. The van der Waals surface area contributed by atoms with Gasteiger partial charge < -0.3 is 5.11 Å². The third kappa shape index (κ3) is 3.12. The quantitative estimate of drug-likeness (QED) is 0.691. The van der Waals surface area contributed by atoms with Crippen LogP contribution in [0.25, 0.3) is 0 Å². The van der Waals surface area contributed by atoms with Crippen LogP contribution in [0.5, 0.6) is 0 Å². The van der Waals surface area contributed by atoms with Crippen LogP contribution in [0.1, 0.15) is 17.2 Å². The maximum absolute atomic E-state index is 13.0. The summed E-state index contributed by atoms with van der Waals surface area (Å²) in [6.45, 7) is 0. The molecule has 0 aliphatic carbocycles. The molecule has 1 unspecified atom stereocenters. The Morgan fingerprint density at radius 1 is 1.30 bits per heavy atom. The number of aliphatic hydroxyl groups excluding tert-OH is 1. The van der Waals surface area contributed by atoms with Gasteiger partial charge in [0, 0.05) is 23.1 Å². The van der Waals surface area contributed by atoms with E-state index in [0.29, 0.717) is 11.1 Å². The highest BCUT2D eigenvalue weighted by molar-refractivity contribution is 6.31. The van der Waals surface area contributed by atoms with Crippen molar-refractivity contribution in [3.63, 3.8) is 0 Å². The zero-order valence-corrected chi connectivity index (χ0v) is 11.0. The standard InChI is InChI=1S/C14H11ClFNO3/c15-12-8-10(16)5-6-11(12)14(18)7-9-3-1-2-4-13(9)17(19)20/h1-6,8,14,18H,7H2. The van der Waals surface area contributed by atoms with E-state index in [0.717, 1.165) is 6.07 Å². The number of nitro groups is 1. The fourth-order valence-electron chi connectivity index (χ4n) is 1.95. The van der Waals surface area contributed by atoms with Crippen molar-refractivity contribution >= 4 is 17.3 Å². The molecule has 0 amide bonds. The van der Waals surface area contributed by atoms with E-state index in [-0.39, 0.29) is 17.1 Å². The van der Waals surface area contributed by atoms with Crippen LogP contribution in [0.15, 0.2) is 42.5 Å². The summed E-state index contributed by atoms with van der Waals surface area (Å²) in [5, 5.41) is 21.1. The second-order valence-electron chi connectivity index (χ2n) is 4.27. The number of hydrogen-bond acceptors (Lipinski definition) is 3. The van der Waals surface area contributed by atoms with E-state index in [2.05, 4.69) is 0 Å². The smallest absolute Gasteiger partial charge is 0.272 e. The molecule has 0 bridgehead atoms. The predicted octanol–water partition coefficient (Wildman–Crippen LogP) is 3.66. The molecule has 4 nitrogen and oxygen atoms in total. The summed E-state index contributed by atoms with van der Waals surface area (Å²) in [5.74, 6) is -0.503. The van der Waals surface area contributed by atoms with Crippen LogP contribution in [0.2, 0.25) is 5.02 Å². The lowest BCUT2D eigenvalue weighted by molar-refractivity contribution is -0.385. The van der Waals surface area contributed by atoms with Gasteiger partial charge >= 0.3 is 0 Å². The Kier molecular flexibility index (Phi) is 4.32. The fourth-order valence-corrected chi connectivity index (χ4v) is 2.24. The summed E-state index contributed by atoms with van der Waals surface area (Å²) in [5.41, 5.74) is 0.668. The zero-order chi connectivity index (χ0) is 14.7. The average Bonchev–Trinajstić information content (AvgIpc) is 2.38. The van der Waals surface area contributed by atoms with E-state index in [1.54, 1.807) is 18.2 Å². The first-order valence-corrected chi connectivity index (χ1v) is 6.22. The van der Waals surface area contributed by atoms with Crippen LogP contribution in [0, 0.1) is 15.9 Å². The zero-order valence-electron chi connectivity index (χ0n) is 10.3. The SMILES string of the molecule is O=[N+]([O-])c1ccccc1CC(O)c1ccc(F)cc1Cl. The molecule has 20 heavy (non-hydrogen) atoms. The van der Waals surface area contributed by atoms with Crippen molar-refractivity contribution in [2.45, 2.75) is 12.5 Å². The topological polar surface area (TPSA) is 63.4 Å². The molecule has 1 N–H and O–H groups in total. The van der Waals surface area contributed by atoms with Crippen molar-refractivity contribution < 1.29 is 14.4 Å². The van der Waals surface area contributed by atoms with Crippen molar-refractivity contribution in [1.82, 2.24) is 0 Å². The number of benzene rings is 2. The van der Waals surface area contributed by atoms with Gasteiger partial charge in [-0.25, -0.2) is 4.39 Å². The summed E-state index contributed by atoms with van der Waals surface area (Å²) < 4.78 is 13.0. The number of para-hydroxylation sites is 1. The Labute approximate surface area is 119 Å². The van der Waals surface area contributed by atoms with Crippen molar-refractivity contribution in [2.75, 3.05) is 0 Å². The molecule has 2 rings (SSSR count). The first-order chi connectivity index (χ1) is 9.49. The van der Waals surface area contributed by atoms with Gasteiger partial charge in [0.05, 0.1) is 11.0 Å². The number of hydrogen-bond donors (Lipinski definition) is 1. The minimum absolute atomic E-state index is 0.0303. The van der Waals surface area contributed by atoms with Crippen LogP contribution in [0.3, 0.4) is 0 Å². The third-order valence-electron chi connectivity index (χ3n) is 2.92. The first kappa shape index (κ1) is 14.4. The largest absolute Gasteiger partial charge is 0.388 e. The maximum atomic E-state index is 13.0. The van der Waals surface area contributed by atoms with Gasteiger partial charge in [0.2, 0.25) is 0 Å². The van der Waals surface area contributed by atoms with Gasteiger partial charge in [-0.15, -0.1) is 0 Å². The molecule has 0 aliphatic heterocycles. The Morgan fingerprint density at radius 3 is 2.65 bits per heavy atom. The third-order valence-corrected chi connectivity index (χ3v) is 3.25. The molecule has 0 saturated heterocycles. The van der Waals surface area contributed by atoms with E-state index >= 15 is 0 Å². The highest BCUT2D eigenvalue weighted by Crippen LogP contribution is 2.29. The van der Waals surface area contributed by atoms with Crippen LogP contribution in [-0.4, -0.2) is 10.0 Å². The average molecular weight is 296 g/mol. The second-order valence-corrected chi connectivity index (χ2v) is 4.68. The lowest BCUT2D eigenvalue weighted by Gasteiger charge is -2.13. The summed E-state index contributed by atoms with van der Waals surface area (Å²) in [6, 6.07) is 9.80. The van der Waals surface area contributed by atoms with Crippen LogP contribution >= 0.6 is 11.6 Å². The van der Waals surface area contributed by atoms with E-state index in [9.17, 15) is 19.6 Å². The lowest BCUT2D eigenvalue weighted by Crippen LogP contribution is -2.05. The maximum Gasteiger partial charge on any atom is 0.272 e. The highest BCUT2D eigenvalue weighted by atomic mass is 35.5. The molecule has 104 valence electrons. The fraction of sp³-hybridized carbons (Fsp3) is 0.143. The molecule has 0 radical (unpaired) electrons. The van der Waals surface area contributed by atoms with Crippen molar-refractivity contribution in [3.05, 3.63) is 74.5 Å². The summed E-state index contributed by atoms with van der Waals surface area (Å²) in [4.78, 5) is 10.4. The molecule has 0 aliphatic rings. The number of aliphatic hydroxyl groups is 1. The Morgan fingerprint density at radius 2 is 2.00 bits per heavy atom. The molecule has 1 atom stereocenters. The van der Waals surface area contributed by atoms with Gasteiger partial charge in [0.1, 0.15) is 5.82 Å². The summed E-state index contributed by atoms with van der Waals surface area (Å²) in [6.07, 6.45) is -1.01. The summed E-state index contributed by atoms with van der Waals surface area (Å²) >= 11 is 5.86. The van der Waals surface area contributed by atoms with Crippen molar-refractivity contribution in [3.8, 4) is 0 Å². The molecule has 0 heterocycles. The van der Waals surface area contributed by atoms with E-state index in [1.165, 1.54) is 18.2 Å². The summed E-state index contributed by atoms with van der Waals surface area (Å²) in [7, 11) is 0. The molecule has 2 aromatic carbocycles. The van der Waals surface area contributed by atoms with Crippen LogP contribution in [-0.2, 0) is 6.42 Å². The monoisotopic (exact) mass is 295 g/mol. The normalized spacial score (nSPS) is 12.2. The van der Waals surface area contributed by atoms with E-state index in [1.807, 2.05) is 0 Å². The van der Waals surface area contributed by atoms with Gasteiger partial charge in [-0.2, -0.15) is 0 Å². The molecule has 2 aromatic rings. The van der Waals surface area contributed by atoms with Gasteiger partial charge in [-0.1, -0.05) is 35.9 Å². The van der Waals surface area contributed by atoms with E-state index in [4.69, 9.17) is 11.6 Å². The Balaban J connectivity index is 2.28. The molecular weight excluding hydrogens is 285 g/mol. The Hall–Kier alpha value is -1.98. The van der Waals surface area contributed by atoms with Crippen molar-refractivity contribution in [1.29, 1.82) is 0 Å². The van der Waals surface area contributed by atoms with Gasteiger partial charge in [0.25, 0.3) is 5.69 Å². The van der Waals surface area contributed by atoms with Gasteiger partial charge in [0.15, 0.2) is 0 Å². The number of nitrogens with zero attached hydrogens (tertiary/aromatic N) is 1. The number of halogens is 2. The number of nitro benzene ring substituents is 1. The first-order valence-electron chi connectivity index (χ1n) is 5.84. The van der Waals surface area contributed by atoms with Crippen molar-refractivity contribution in [2.24, 2.45) is 0 Å². The van der Waals surface area contributed by atoms with Crippen LogP contribution in [0.4, 0.5) is 10.1 Å². The molecule has 0 fully saturated rings. The lowest BCUT2D eigenvalue weighted by atomic mass is 10.00. The van der Waals surface area contributed by atoms with E-state index < -0.39 is 16.8 Å². The second kappa shape index (κ2) is 5.98. The molecule has 0 saturated carbocycles. The minimum atomic E-state index is -1.04. The molecular formula is C14H11ClFNO3.